The van der Waals surface area contributed by atoms with E-state index in [0.29, 0.717) is 22.8 Å². The standard InChI is InChI=1S/C13H17N2O4PS.Na/c1-4-19-20(17,18)21-12-10(2)14(3)15(13(12)16)11-8-6-5-7-9-11;/h5-9H,4H2,1-3H3,(H,17,18);/q;+1/p-1. The molecule has 1 heterocycles. The van der Waals surface area contributed by atoms with E-state index < -0.39 is 6.80 Å². The molecule has 114 valence electrons. The van der Waals surface area contributed by atoms with Gasteiger partial charge in [0.2, 0.25) is 0 Å². The molecular formula is C13H16N2NaO4PS. The van der Waals surface area contributed by atoms with Crippen LogP contribution in [-0.4, -0.2) is 16.0 Å². The van der Waals surface area contributed by atoms with Gasteiger partial charge in [0, 0.05) is 7.05 Å². The fourth-order valence-corrected chi connectivity index (χ4v) is 4.74. The third-order valence-electron chi connectivity index (χ3n) is 2.99. The Labute approximate surface area is 155 Å². The molecule has 0 saturated carbocycles. The molecule has 0 radical (unpaired) electrons. The van der Waals surface area contributed by atoms with E-state index in [9.17, 15) is 14.3 Å². The summed E-state index contributed by atoms with van der Waals surface area (Å²) in [5.41, 5.74) is 0.878. The van der Waals surface area contributed by atoms with Crippen LogP contribution in [-0.2, 0) is 16.1 Å². The van der Waals surface area contributed by atoms with Crippen LogP contribution in [0.1, 0.15) is 12.6 Å². The Hall–Kier alpha value is -0.270. The molecule has 6 nitrogen and oxygen atoms in total. The number of rotatable bonds is 5. The molecule has 22 heavy (non-hydrogen) atoms. The first-order chi connectivity index (χ1) is 9.87. The van der Waals surface area contributed by atoms with Crippen LogP contribution in [0.2, 0.25) is 0 Å². The number of aromatic nitrogens is 2. The van der Waals surface area contributed by atoms with Crippen LogP contribution in [0.25, 0.3) is 5.69 Å². The van der Waals surface area contributed by atoms with Gasteiger partial charge in [-0.15, -0.1) is 0 Å². The van der Waals surface area contributed by atoms with Crippen molar-refractivity contribution in [1.29, 1.82) is 0 Å². The summed E-state index contributed by atoms with van der Waals surface area (Å²) < 4.78 is 19.5. The van der Waals surface area contributed by atoms with Crippen molar-refractivity contribution in [2.24, 2.45) is 7.05 Å². The molecule has 0 N–H and O–H groups in total. The maximum Gasteiger partial charge on any atom is 1.00 e. The Kier molecular flexibility index (Phi) is 7.20. The van der Waals surface area contributed by atoms with Gasteiger partial charge in [0.05, 0.1) is 18.0 Å². The van der Waals surface area contributed by atoms with Crippen molar-refractivity contribution in [3.8, 4) is 5.69 Å². The van der Waals surface area contributed by atoms with Gasteiger partial charge < -0.3 is 9.42 Å². The number of hydrogen-bond donors (Lipinski definition) is 0. The predicted octanol–water partition coefficient (Wildman–Crippen LogP) is -0.915. The molecule has 1 atom stereocenters. The Balaban J connectivity index is 0.00000242. The fraction of sp³-hybridized carbons (Fsp3) is 0.308. The second-order valence-corrected chi connectivity index (χ2v) is 7.98. The minimum Gasteiger partial charge on any atom is -0.770 e. The maximum atomic E-state index is 12.5. The van der Waals surface area contributed by atoms with E-state index in [0.717, 1.165) is 0 Å². The Bertz CT molecular complexity index is 744. The molecule has 9 heteroatoms. The summed E-state index contributed by atoms with van der Waals surface area (Å²) in [7, 11) is 1.71. The summed E-state index contributed by atoms with van der Waals surface area (Å²) in [6, 6.07) is 9.05. The van der Waals surface area contributed by atoms with E-state index in [2.05, 4.69) is 0 Å². The van der Waals surface area contributed by atoms with E-state index in [1.54, 1.807) is 37.7 Å². The van der Waals surface area contributed by atoms with Crippen LogP contribution in [0.4, 0.5) is 0 Å². The van der Waals surface area contributed by atoms with Gasteiger partial charge in [-0.1, -0.05) is 18.2 Å². The quantitative estimate of drug-likeness (QED) is 0.515. The largest absolute Gasteiger partial charge is 1.00 e. The van der Waals surface area contributed by atoms with Gasteiger partial charge in [0.25, 0.3) is 5.56 Å². The summed E-state index contributed by atoms with van der Waals surface area (Å²) in [5, 5.41) is 0. The average molecular weight is 350 g/mol. The number of benzene rings is 1. The van der Waals surface area contributed by atoms with Gasteiger partial charge in [-0.05, 0) is 37.4 Å². The van der Waals surface area contributed by atoms with Gasteiger partial charge in [-0.3, -0.25) is 14.0 Å². The van der Waals surface area contributed by atoms with Crippen LogP contribution in [0.15, 0.2) is 40.0 Å². The number of para-hydroxylation sites is 1. The first-order valence-electron chi connectivity index (χ1n) is 6.36. The number of hydrogen-bond acceptors (Lipinski definition) is 5. The van der Waals surface area contributed by atoms with E-state index >= 15 is 0 Å². The summed E-state index contributed by atoms with van der Waals surface area (Å²) in [4.78, 5) is 24.4. The predicted molar refractivity (Wildman–Crippen MR) is 80.8 cm³/mol. The SMILES string of the molecule is CCOP(=O)([O-])Sc1c(C)n(C)n(-c2ccccc2)c1=O.[Na+]. The molecule has 0 aliphatic rings. The van der Waals surface area contributed by atoms with Crippen molar-refractivity contribution in [3.63, 3.8) is 0 Å². The van der Waals surface area contributed by atoms with Crippen LogP contribution in [0.3, 0.4) is 0 Å². The zero-order chi connectivity index (χ0) is 15.6. The maximum absolute atomic E-state index is 12.5. The van der Waals surface area contributed by atoms with E-state index in [4.69, 9.17) is 4.52 Å². The van der Waals surface area contributed by atoms with E-state index in [-0.39, 0.29) is 46.6 Å². The normalized spacial score (nSPS) is 13.5. The number of nitrogens with zero attached hydrogens (tertiary/aromatic N) is 2. The smallest absolute Gasteiger partial charge is 0.770 e. The molecule has 0 bridgehead atoms. The Morgan fingerprint density at radius 3 is 2.45 bits per heavy atom. The van der Waals surface area contributed by atoms with Crippen molar-refractivity contribution < 1.29 is 43.5 Å². The summed E-state index contributed by atoms with van der Waals surface area (Å²) in [6.45, 7) is -0.786. The second-order valence-electron chi connectivity index (χ2n) is 4.35. The molecule has 2 aromatic rings. The molecule has 0 spiro atoms. The zero-order valence-electron chi connectivity index (χ0n) is 13.0. The van der Waals surface area contributed by atoms with Crippen LogP contribution in [0.5, 0.6) is 0 Å². The topological polar surface area (TPSA) is 76.3 Å². The zero-order valence-corrected chi connectivity index (χ0v) is 16.7. The summed E-state index contributed by atoms with van der Waals surface area (Å²) >= 11 is 0.477. The molecule has 0 amide bonds. The summed E-state index contributed by atoms with van der Waals surface area (Å²) in [6.07, 6.45) is 0. The van der Waals surface area contributed by atoms with Crippen LogP contribution in [0, 0.1) is 6.92 Å². The molecule has 1 aromatic heterocycles. The monoisotopic (exact) mass is 350 g/mol. The second kappa shape index (κ2) is 8.02. The average Bonchev–Trinajstić information content (AvgIpc) is 2.63. The first kappa shape index (κ1) is 19.8. The van der Waals surface area contributed by atoms with Gasteiger partial charge in [-0.2, -0.15) is 0 Å². The molecule has 2 rings (SSSR count). The van der Waals surface area contributed by atoms with Crippen molar-refractivity contribution in [3.05, 3.63) is 46.4 Å². The van der Waals surface area contributed by atoms with Crippen molar-refractivity contribution in [2.75, 3.05) is 6.61 Å². The minimum absolute atomic E-state index is 0. The van der Waals surface area contributed by atoms with Gasteiger partial charge in [0.1, 0.15) is 4.90 Å². The molecule has 0 aliphatic carbocycles. The molecule has 0 aliphatic heterocycles. The van der Waals surface area contributed by atoms with E-state index in [1.807, 2.05) is 18.2 Å². The fourth-order valence-electron chi connectivity index (χ4n) is 1.95. The molecular weight excluding hydrogens is 334 g/mol. The minimum atomic E-state index is -4.13. The van der Waals surface area contributed by atoms with Crippen molar-refractivity contribution in [1.82, 2.24) is 9.36 Å². The molecule has 1 unspecified atom stereocenters. The Morgan fingerprint density at radius 2 is 1.91 bits per heavy atom. The molecule has 1 aromatic carbocycles. The molecule has 0 saturated heterocycles. The van der Waals surface area contributed by atoms with Crippen LogP contribution < -0.4 is 40.0 Å². The third-order valence-corrected chi connectivity index (χ3v) is 5.98. The first-order valence-corrected chi connectivity index (χ1v) is 9.33. The third kappa shape index (κ3) is 4.17. The van der Waals surface area contributed by atoms with Gasteiger partial charge in [-0.25, -0.2) is 4.68 Å². The van der Waals surface area contributed by atoms with Crippen LogP contribution >= 0.6 is 18.2 Å². The van der Waals surface area contributed by atoms with Gasteiger partial charge >= 0.3 is 29.6 Å². The summed E-state index contributed by atoms with van der Waals surface area (Å²) in [5.74, 6) is 0. The Morgan fingerprint density at radius 1 is 1.32 bits per heavy atom. The molecule has 0 fully saturated rings. The van der Waals surface area contributed by atoms with Gasteiger partial charge in [0.15, 0.2) is 6.80 Å². The van der Waals surface area contributed by atoms with Crippen molar-refractivity contribution in [2.45, 2.75) is 18.7 Å². The van der Waals surface area contributed by atoms with E-state index in [1.165, 1.54) is 4.68 Å². The van der Waals surface area contributed by atoms with Crippen molar-refractivity contribution >= 4 is 18.2 Å².